The van der Waals surface area contributed by atoms with Crippen molar-refractivity contribution < 1.29 is 14.0 Å². The molecule has 4 aromatic rings. The normalized spacial score (nSPS) is 13.7. The highest BCUT2D eigenvalue weighted by atomic mass is 35.5. The van der Waals surface area contributed by atoms with E-state index >= 15 is 0 Å². The number of aliphatic imine (C=N–C) groups is 1. The summed E-state index contributed by atoms with van der Waals surface area (Å²) in [5.41, 5.74) is 9.99. The Morgan fingerprint density at radius 2 is 1.82 bits per heavy atom. The number of benzene rings is 1. The van der Waals surface area contributed by atoms with Crippen molar-refractivity contribution in [2.24, 2.45) is 10.7 Å². The summed E-state index contributed by atoms with van der Waals surface area (Å²) in [6, 6.07) is 8.79. The van der Waals surface area contributed by atoms with Gasteiger partial charge in [0.2, 0.25) is 5.91 Å². The summed E-state index contributed by atoms with van der Waals surface area (Å²) in [6.45, 7) is 9.02. The first-order valence-electron chi connectivity index (χ1n) is 14.4. The van der Waals surface area contributed by atoms with E-state index in [0.29, 0.717) is 48.1 Å². The molecule has 2 amide bonds. The van der Waals surface area contributed by atoms with Crippen LogP contribution >= 0.6 is 22.9 Å². The lowest BCUT2D eigenvalue weighted by molar-refractivity contribution is -0.121. The molecular weight excluding hydrogens is 598 g/mol. The van der Waals surface area contributed by atoms with E-state index in [9.17, 15) is 9.59 Å². The Bertz CT molecular complexity index is 1790. The summed E-state index contributed by atoms with van der Waals surface area (Å²) in [6.07, 6.45) is 1.48. The van der Waals surface area contributed by atoms with E-state index in [2.05, 4.69) is 46.5 Å². The Morgan fingerprint density at radius 3 is 2.55 bits per heavy atom. The molecule has 0 fully saturated rings. The molecule has 4 N–H and O–H groups in total. The number of nitrogens with two attached hydrogens (primary N) is 1. The SMILES string of the molecule is Cc1cc(C#CCN)oc1C(=O)NCCCCNC(=O)C[C@@H]1N=C(c2ccc(Cl)cc2)c2c(sc(C)c2C)-n2c(C)nnc21. The van der Waals surface area contributed by atoms with Crippen molar-refractivity contribution in [1.82, 2.24) is 25.4 Å². The molecule has 1 aliphatic heterocycles. The van der Waals surface area contributed by atoms with Crippen molar-refractivity contribution >= 4 is 40.5 Å². The van der Waals surface area contributed by atoms with E-state index in [-0.39, 0.29) is 30.5 Å². The summed E-state index contributed by atoms with van der Waals surface area (Å²) in [5, 5.41) is 16.3. The standard InChI is InChI=1S/C32H34ClN7O3S/c1-18-16-24(8-7-13-34)43-29(18)31(42)36-15-6-5-14-35-26(41)17-25-30-39-38-21(4)40(30)32-27(19(2)20(3)44-32)28(37-25)22-9-11-23(33)12-10-22/h9-12,16,25H,5-6,13-15,17,34H2,1-4H3,(H,35,41)(H,36,42)/t25-/m0/s1. The molecule has 0 spiro atoms. The third kappa shape index (κ3) is 6.63. The Kier molecular flexibility index (Phi) is 9.64. The molecule has 5 rings (SSSR count). The van der Waals surface area contributed by atoms with E-state index < -0.39 is 6.04 Å². The van der Waals surface area contributed by atoms with Crippen molar-refractivity contribution in [3.05, 3.63) is 85.7 Å². The zero-order valence-corrected chi connectivity index (χ0v) is 26.7. The van der Waals surface area contributed by atoms with Gasteiger partial charge in [-0.3, -0.25) is 19.1 Å². The van der Waals surface area contributed by atoms with Crippen LogP contribution in [0.5, 0.6) is 0 Å². The number of furan rings is 1. The van der Waals surface area contributed by atoms with Crippen molar-refractivity contribution in [2.75, 3.05) is 19.6 Å². The Morgan fingerprint density at radius 1 is 1.09 bits per heavy atom. The molecular formula is C32H34ClN7O3S. The summed E-state index contributed by atoms with van der Waals surface area (Å²) >= 11 is 7.86. The second-order valence-corrected chi connectivity index (χ2v) is 12.2. The monoisotopic (exact) mass is 631 g/mol. The Labute approximate surface area is 265 Å². The number of halogens is 1. The number of amides is 2. The molecule has 228 valence electrons. The predicted octanol–water partition coefficient (Wildman–Crippen LogP) is 4.73. The van der Waals surface area contributed by atoms with Gasteiger partial charge in [-0.25, -0.2) is 0 Å². The van der Waals surface area contributed by atoms with Gasteiger partial charge in [-0.05, 0) is 70.2 Å². The van der Waals surface area contributed by atoms with Crippen LogP contribution < -0.4 is 16.4 Å². The third-order valence-electron chi connectivity index (χ3n) is 7.38. The number of carbonyl (C=O) groups excluding carboxylic acids is 2. The van der Waals surface area contributed by atoms with Crippen molar-refractivity contribution in [2.45, 2.75) is 53.0 Å². The number of nitrogens with one attached hydrogen (secondary N) is 2. The largest absolute Gasteiger partial charge is 0.442 e. The van der Waals surface area contributed by atoms with Gasteiger partial charge in [0, 0.05) is 39.7 Å². The summed E-state index contributed by atoms with van der Waals surface area (Å²) < 4.78 is 7.57. The number of carbonyl (C=O) groups is 2. The number of thiophene rings is 1. The summed E-state index contributed by atoms with van der Waals surface area (Å²) in [5.74, 6) is 7.10. The van der Waals surface area contributed by atoms with E-state index in [4.69, 9.17) is 26.7 Å². The number of nitrogens with zero attached hydrogens (tertiary/aromatic N) is 4. The van der Waals surface area contributed by atoms with Crippen LogP contribution in [0.2, 0.25) is 5.02 Å². The predicted molar refractivity (Wildman–Crippen MR) is 172 cm³/mol. The lowest BCUT2D eigenvalue weighted by atomic mass is 9.99. The van der Waals surface area contributed by atoms with Gasteiger partial charge in [0.05, 0.1) is 18.7 Å². The van der Waals surface area contributed by atoms with E-state index in [0.717, 1.165) is 33.2 Å². The number of rotatable bonds is 9. The molecule has 0 saturated carbocycles. The van der Waals surface area contributed by atoms with Gasteiger partial charge in [0.15, 0.2) is 17.3 Å². The third-order valence-corrected chi connectivity index (χ3v) is 8.83. The molecule has 10 nitrogen and oxygen atoms in total. The summed E-state index contributed by atoms with van der Waals surface area (Å²) in [7, 11) is 0. The number of unbranched alkanes of at least 4 members (excludes halogenated alkanes) is 1. The lowest BCUT2D eigenvalue weighted by Gasteiger charge is -2.13. The van der Waals surface area contributed by atoms with E-state index in [1.165, 1.54) is 4.88 Å². The quantitative estimate of drug-likeness (QED) is 0.180. The maximum absolute atomic E-state index is 13.1. The molecule has 4 heterocycles. The van der Waals surface area contributed by atoms with Gasteiger partial charge in [0.1, 0.15) is 16.9 Å². The second kappa shape index (κ2) is 13.6. The minimum atomic E-state index is -0.531. The zero-order valence-electron chi connectivity index (χ0n) is 25.1. The molecule has 0 bridgehead atoms. The summed E-state index contributed by atoms with van der Waals surface area (Å²) in [4.78, 5) is 32.0. The fourth-order valence-electron chi connectivity index (χ4n) is 5.05. The van der Waals surface area contributed by atoms with Crippen LogP contribution in [0.25, 0.3) is 5.00 Å². The molecule has 12 heteroatoms. The maximum atomic E-state index is 13.1. The molecule has 0 radical (unpaired) electrons. The zero-order chi connectivity index (χ0) is 31.4. The molecule has 3 aromatic heterocycles. The number of fused-ring (bicyclic) bond motifs is 3. The highest BCUT2D eigenvalue weighted by molar-refractivity contribution is 7.15. The van der Waals surface area contributed by atoms with Crippen LogP contribution in [0.4, 0.5) is 0 Å². The van der Waals surface area contributed by atoms with Crippen LogP contribution in [0, 0.1) is 39.5 Å². The Hall–Kier alpha value is -4.24. The number of aryl methyl sites for hydroxylation is 3. The van der Waals surface area contributed by atoms with E-state index in [1.807, 2.05) is 35.8 Å². The van der Waals surface area contributed by atoms with Crippen molar-refractivity contribution in [3.8, 4) is 16.8 Å². The van der Waals surface area contributed by atoms with Crippen molar-refractivity contribution in [1.29, 1.82) is 0 Å². The van der Waals surface area contributed by atoms with Crippen molar-refractivity contribution in [3.63, 3.8) is 0 Å². The molecule has 0 aliphatic carbocycles. The number of hydrogen-bond acceptors (Lipinski definition) is 8. The molecule has 1 atom stereocenters. The Balaban J connectivity index is 1.22. The molecule has 44 heavy (non-hydrogen) atoms. The van der Waals surface area contributed by atoms with Gasteiger partial charge in [-0.15, -0.1) is 21.5 Å². The minimum Gasteiger partial charge on any atom is -0.442 e. The highest BCUT2D eigenvalue weighted by Crippen LogP contribution is 2.39. The van der Waals surface area contributed by atoms with Crippen LogP contribution in [-0.4, -0.2) is 51.9 Å². The topological polar surface area (TPSA) is 140 Å². The smallest absolute Gasteiger partial charge is 0.287 e. The highest BCUT2D eigenvalue weighted by Gasteiger charge is 2.32. The lowest BCUT2D eigenvalue weighted by Crippen LogP contribution is -2.28. The average molecular weight is 632 g/mol. The molecule has 1 aliphatic rings. The van der Waals surface area contributed by atoms with Gasteiger partial charge < -0.3 is 20.8 Å². The maximum Gasteiger partial charge on any atom is 0.287 e. The molecule has 0 saturated heterocycles. The fraction of sp³-hybridized carbons (Fsp3) is 0.344. The fourth-order valence-corrected chi connectivity index (χ4v) is 6.39. The first kappa shape index (κ1) is 31.2. The first-order chi connectivity index (χ1) is 21.2. The van der Waals surface area contributed by atoms with Crippen LogP contribution in [0.3, 0.4) is 0 Å². The second-order valence-electron chi connectivity index (χ2n) is 10.6. The first-order valence-corrected chi connectivity index (χ1v) is 15.6. The van der Waals surface area contributed by atoms with Crippen LogP contribution in [0.1, 0.15) is 80.4 Å². The number of aromatic nitrogens is 3. The van der Waals surface area contributed by atoms with Gasteiger partial charge in [0.25, 0.3) is 5.91 Å². The van der Waals surface area contributed by atoms with Gasteiger partial charge in [-0.1, -0.05) is 29.7 Å². The van der Waals surface area contributed by atoms with E-state index in [1.54, 1.807) is 24.3 Å². The molecule has 1 aromatic carbocycles. The molecule has 0 unspecified atom stereocenters. The average Bonchev–Trinajstić information content (AvgIpc) is 3.63. The van der Waals surface area contributed by atoms with Crippen LogP contribution in [0.15, 0.2) is 39.7 Å². The van der Waals surface area contributed by atoms with Gasteiger partial charge in [-0.2, -0.15) is 0 Å². The van der Waals surface area contributed by atoms with Gasteiger partial charge >= 0.3 is 0 Å². The van der Waals surface area contributed by atoms with Crippen LogP contribution in [-0.2, 0) is 4.79 Å². The number of hydrogen-bond donors (Lipinski definition) is 3. The minimum absolute atomic E-state index is 0.117.